The number of methoxy groups -OCH3 is 2. The lowest BCUT2D eigenvalue weighted by Crippen LogP contribution is -2.35. The van der Waals surface area contributed by atoms with Gasteiger partial charge in [0.05, 0.1) is 18.3 Å². The molecule has 1 rings (SSSR count). The Kier molecular flexibility index (Phi) is 7.40. The van der Waals surface area contributed by atoms with Crippen LogP contribution in [0, 0.1) is 17.7 Å². The number of benzene rings is 1. The van der Waals surface area contributed by atoms with E-state index in [1.54, 1.807) is 0 Å². The first-order chi connectivity index (χ1) is 10.1. The minimum atomic E-state index is -0.497. The molecule has 0 aliphatic rings. The summed E-state index contributed by atoms with van der Waals surface area (Å²) >= 11 is 0. The van der Waals surface area contributed by atoms with Crippen molar-refractivity contribution in [3.8, 4) is 11.8 Å². The van der Waals surface area contributed by atoms with Crippen LogP contribution in [-0.4, -0.2) is 51.1 Å². The maximum atomic E-state index is 13.2. The first-order valence-electron chi connectivity index (χ1n) is 6.31. The lowest BCUT2D eigenvalue weighted by Gasteiger charge is -2.15. The highest BCUT2D eigenvalue weighted by molar-refractivity contribution is 5.96. The van der Waals surface area contributed by atoms with Gasteiger partial charge in [0.15, 0.2) is 0 Å². The summed E-state index contributed by atoms with van der Waals surface area (Å²) in [6.07, 6.45) is -0.272. The molecule has 1 aromatic carbocycles. The van der Waals surface area contributed by atoms with Crippen LogP contribution < -0.4 is 5.32 Å². The summed E-state index contributed by atoms with van der Waals surface area (Å²) in [5.41, 5.74) is 0.465. The van der Waals surface area contributed by atoms with E-state index in [1.165, 1.54) is 26.4 Å². The largest absolute Gasteiger partial charge is 0.384 e. The molecule has 0 aliphatic carbocycles. The molecule has 1 amide bonds. The van der Waals surface area contributed by atoms with Crippen LogP contribution in [0.25, 0.3) is 0 Å². The molecule has 6 heteroatoms. The molecule has 0 aliphatic heterocycles. The van der Waals surface area contributed by atoms with Crippen molar-refractivity contribution in [2.75, 3.05) is 34.0 Å². The molecule has 1 aromatic rings. The smallest absolute Gasteiger partial charge is 0.252 e. The van der Waals surface area contributed by atoms with Crippen LogP contribution in [0.2, 0.25) is 0 Å². The predicted octanol–water partition coefficient (Wildman–Crippen LogP) is 0.561. The number of hydrogen-bond donors (Lipinski definition) is 2. The SMILES string of the molecule is COCC(CNC(=O)c1ccc(F)cc1C#CCO)OC. The highest BCUT2D eigenvalue weighted by Gasteiger charge is 2.14. The quantitative estimate of drug-likeness (QED) is 0.753. The number of aliphatic hydroxyl groups is 1. The van der Waals surface area contributed by atoms with Gasteiger partial charge in [-0.2, -0.15) is 0 Å². The van der Waals surface area contributed by atoms with E-state index in [2.05, 4.69) is 17.2 Å². The second kappa shape index (κ2) is 9.08. The second-order valence-electron chi connectivity index (χ2n) is 4.17. The van der Waals surface area contributed by atoms with Gasteiger partial charge in [0, 0.05) is 26.3 Å². The van der Waals surface area contributed by atoms with Crippen LogP contribution in [0.4, 0.5) is 4.39 Å². The van der Waals surface area contributed by atoms with E-state index in [0.29, 0.717) is 6.61 Å². The monoisotopic (exact) mass is 295 g/mol. The van der Waals surface area contributed by atoms with E-state index in [-0.39, 0.29) is 30.4 Å². The Hall–Kier alpha value is -1.94. The molecule has 0 spiro atoms. The molecule has 2 N–H and O–H groups in total. The zero-order chi connectivity index (χ0) is 15.7. The van der Waals surface area contributed by atoms with Gasteiger partial charge in [0.25, 0.3) is 5.91 Å². The lowest BCUT2D eigenvalue weighted by atomic mass is 10.1. The van der Waals surface area contributed by atoms with Gasteiger partial charge in [-0.1, -0.05) is 11.8 Å². The number of halogens is 1. The van der Waals surface area contributed by atoms with E-state index in [9.17, 15) is 9.18 Å². The Morgan fingerprint density at radius 2 is 2.24 bits per heavy atom. The third kappa shape index (κ3) is 5.52. The van der Waals surface area contributed by atoms with Crippen LogP contribution >= 0.6 is 0 Å². The number of amides is 1. The summed E-state index contributed by atoms with van der Waals surface area (Å²) in [7, 11) is 3.06. The van der Waals surface area contributed by atoms with Crippen LogP contribution in [0.1, 0.15) is 15.9 Å². The first-order valence-corrected chi connectivity index (χ1v) is 6.31. The zero-order valence-corrected chi connectivity index (χ0v) is 12.0. The van der Waals surface area contributed by atoms with E-state index >= 15 is 0 Å². The molecule has 1 unspecified atom stereocenters. The number of hydrogen-bond acceptors (Lipinski definition) is 4. The molecular weight excluding hydrogens is 277 g/mol. The number of aliphatic hydroxyl groups excluding tert-OH is 1. The van der Waals surface area contributed by atoms with Gasteiger partial charge in [-0.05, 0) is 18.2 Å². The van der Waals surface area contributed by atoms with E-state index in [1.807, 2.05) is 0 Å². The average molecular weight is 295 g/mol. The summed E-state index contributed by atoms with van der Waals surface area (Å²) in [6, 6.07) is 3.69. The summed E-state index contributed by atoms with van der Waals surface area (Å²) in [5, 5.41) is 11.4. The molecule has 0 bridgehead atoms. The first kappa shape index (κ1) is 17.1. The summed E-state index contributed by atoms with van der Waals surface area (Å²) in [5.74, 6) is 4.06. The molecule has 1 atom stereocenters. The van der Waals surface area contributed by atoms with E-state index in [0.717, 1.165) is 6.07 Å². The molecule has 0 saturated carbocycles. The van der Waals surface area contributed by atoms with Crippen molar-refractivity contribution in [1.29, 1.82) is 0 Å². The summed E-state index contributed by atoms with van der Waals surface area (Å²) < 4.78 is 23.3. The Balaban J connectivity index is 2.82. The Labute approximate surface area is 123 Å². The molecule has 5 nitrogen and oxygen atoms in total. The number of ether oxygens (including phenoxy) is 2. The lowest BCUT2D eigenvalue weighted by molar-refractivity contribution is 0.0285. The Morgan fingerprint density at radius 1 is 1.48 bits per heavy atom. The molecular formula is C15H18FNO4. The van der Waals surface area contributed by atoms with Gasteiger partial charge >= 0.3 is 0 Å². The summed E-state index contributed by atoms with van der Waals surface area (Å²) in [6.45, 7) is 0.238. The minimum Gasteiger partial charge on any atom is -0.384 e. The summed E-state index contributed by atoms with van der Waals surface area (Å²) in [4.78, 5) is 12.1. The highest BCUT2D eigenvalue weighted by Crippen LogP contribution is 2.10. The molecule has 0 heterocycles. The minimum absolute atomic E-state index is 0.224. The number of carbonyl (C=O) groups excluding carboxylic acids is 1. The number of carbonyl (C=O) groups is 1. The van der Waals surface area contributed by atoms with Crippen molar-refractivity contribution in [3.05, 3.63) is 35.1 Å². The fourth-order valence-corrected chi connectivity index (χ4v) is 1.65. The van der Waals surface area contributed by atoms with Crippen molar-refractivity contribution >= 4 is 5.91 Å². The standard InChI is InChI=1S/C15H18FNO4/c1-20-10-13(21-2)9-17-15(19)14-6-5-12(16)8-11(14)4-3-7-18/h5-6,8,13,18H,7,9-10H2,1-2H3,(H,17,19). The van der Waals surface area contributed by atoms with Crippen molar-refractivity contribution in [1.82, 2.24) is 5.32 Å². The van der Waals surface area contributed by atoms with Crippen molar-refractivity contribution in [3.63, 3.8) is 0 Å². The third-order valence-electron chi connectivity index (χ3n) is 2.70. The highest BCUT2D eigenvalue weighted by atomic mass is 19.1. The fraction of sp³-hybridized carbons (Fsp3) is 0.400. The van der Waals surface area contributed by atoms with Gasteiger partial charge in [-0.15, -0.1) is 0 Å². The van der Waals surface area contributed by atoms with Crippen LogP contribution in [0.5, 0.6) is 0 Å². The molecule has 21 heavy (non-hydrogen) atoms. The van der Waals surface area contributed by atoms with Crippen LogP contribution in [-0.2, 0) is 9.47 Å². The van der Waals surface area contributed by atoms with Crippen LogP contribution in [0.15, 0.2) is 18.2 Å². The average Bonchev–Trinajstić information content (AvgIpc) is 2.49. The van der Waals surface area contributed by atoms with E-state index in [4.69, 9.17) is 14.6 Å². The maximum Gasteiger partial charge on any atom is 0.252 e. The topological polar surface area (TPSA) is 67.8 Å². The molecule has 114 valence electrons. The number of nitrogens with one attached hydrogen (secondary N) is 1. The normalized spacial score (nSPS) is 11.4. The molecule has 0 aromatic heterocycles. The molecule has 0 radical (unpaired) electrons. The number of rotatable bonds is 6. The molecule has 0 saturated heterocycles. The maximum absolute atomic E-state index is 13.2. The van der Waals surface area contributed by atoms with Gasteiger partial charge in [-0.3, -0.25) is 4.79 Å². The van der Waals surface area contributed by atoms with Crippen molar-refractivity contribution in [2.45, 2.75) is 6.10 Å². The van der Waals surface area contributed by atoms with Crippen molar-refractivity contribution in [2.24, 2.45) is 0 Å². The Bertz CT molecular complexity index is 536. The van der Waals surface area contributed by atoms with Gasteiger partial charge in [-0.25, -0.2) is 4.39 Å². The van der Waals surface area contributed by atoms with Gasteiger partial charge in [0.1, 0.15) is 12.4 Å². The van der Waals surface area contributed by atoms with E-state index < -0.39 is 11.7 Å². The van der Waals surface area contributed by atoms with Crippen molar-refractivity contribution < 1.29 is 23.8 Å². The zero-order valence-electron chi connectivity index (χ0n) is 12.0. The van der Waals surface area contributed by atoms with Gasteiger partial charge < -0.3 is 19.9 Å². The van der Waals surface area contributed by atoms with Gasteiger partial charge in [0.2, 0.25) is 0 Å². The fourth-order valence-electron chi connectivity index (χ4n) is 1.65. The Morgan fingerprint density at radius 3 is 2.86 bits per heavy atom. The predicted molar refractivity (Wildman–Crippen MR) is 75.4 cm³/mol. The molecule has 0 fully saturated rings. The third-order valence-corrected chi connectivity index (χ3v) is 2.70. The van der Waals surface area contributed by atoms with Crippen LogP contribution in [0.3, 0.4) is 0 Å². The second-order valence-corrected chi connectivity index (χ2v) is 4.17.